The van der Waals surface area contributed by atoms with Gasteiger partial charge in [-0.05, 0) is 6.07 Å². The highest BCUT2D eigenvalue weighted by Crippen LogP contribution is 2.14. The Morgan fingerprint density at radius 3 is 2.71 bits per heavy atom. The fourth-order valence-electron chi connectivity index (χ4n) is 1.12. The molecule has 0 aliphatic heterocycles. The lowest BCUT2D eigenvalue weighted by molar-refractivity contribution is -0.117. The zero-order valence-electron chi connectivity index (χ0n) is 7.87. The van der Waals surface area contributed by atoms with Gasteiger partial charge in [-0.15, -0.1) is 0 Å². The third-order valence-electron chi connectivity index (χ3n) is 1.70. The van der Waals surface area contributed by atoms with E-state index in [1.807, 2.05) is 6.07 Å². The molecule has 0 aliphatic rings. The number of benzene rings is 1. The van der Waals surface area contributed by atoms with Gasteiger partial charge < -0.3 is 5.32 Å². The van der Waals surface area contributed by atoms with Crippen molar-refractivity contribution in [2.45, 2.75) is 6.92 Å². The van der Waals surface area contributed by atoms with Crippen LogP contribution in [0.1, 0.15) is 18.1 Å². The Balaban J connectivity index is 3.01. The highest BCUT2D eigenvalue weighted by molar-refractivity contribution is 5.85. The van der Waals surface area contributed by atoms with Gasteiger partial charge >= 0.3 is 0 Å². The number of hydrogen-bond acceptors (Lipinski definition) is 2. The Kier molecular flexibility index (Phi) is 3.03. The van der Waals surface area contributed by atoms with Crippen molar-refractivity contribution in [1.82, 2.24) is 5.32 Å². The summed E-state index contributed by atoms with van der Waals surface area (Å²) in [4.78, 5) is 10.8. The van der Waals surface area contributed by atoms with Gasteiger partial charge in [-0.2, -0.15) is 5.26 Å². The predicted molar refractivity (Wildman–Crippen MR) is 54.0 cm³/mol. The van der Waals surface area contributed by atoms with Crippen molar-refractivity contribution in [3.63, 3.8) is 0 Å². The largest absolute Gasteiger partial charge is 0.326 e. The molecule has 0 bridgehead atoms. The fourth-order valence-corrected chi connectivity index (χ4v) is 1.12. The van der Waals surface area contributed by atoms with Gasteiger partial charge in [0.05, 0.1) is 11.6 Å². The molecular formula is C11H10N2O. The van der Waals surface area contributed by atoms with Gasteiger partial charge in [0, 0.05) is 18.2 Å². The number of amides is 1. The van der Waals surface area contributed by atoms with Gasteiger partial charge in [-0.25, -0.2) is 0 Å². The molecule has 1 N–H and O–H groups in total. The van der Waals surface area contributed by atoms with E-state index in [2.05, 4.69) is 11.9 Å². The number of carbonyl (C=O) groups is 1. The normalized spacial score (nSPS) is 8.86. The molecule has 0 unspecified atom stereocenters. The van der Waals surface area contributed by atoms with Crippen molar-refractivity contribution in [1.29, 1.82) is 5.26 Å². The van der Waals surface area contributed by atoms with Crippen LogP contribution in [0.5, 0.6) is 0 Å². The van der Waals surface area contributed by atoms with Gasteiger partial charge in [0.15, 0.2) is 0 Å². The lowest BCUT2D eigenvalue weighted by Crippen LogP contribution is -2.17. The first-order chi connectivity index (χ1) is 6.65. The minimum absolute atomic E-state index is 0.192. The third-order valence-corrected chi connectivity index (χ3v) is 1.70. The second kappa shape index (κ2) is 4.24. The summed E-state index contributed by atoms with van der Waals surface area (Å²) < 4.78 is 0. The Hall–Kier alpha value is -2.08. The molecule has 70 valence electrons. The topological polar surface area (TPSA) is 52.9 Å². The van der Waals surface area contributed by atoms with E-state index in [9.17, 15) is 4.79 Å². The highest BCUT2D eigenvalue weighted by Gasteiger charge is 2.05. The van der Waals surface area contributed by atoms with Crippen molar-refractivity contribution in [3.05, 3.63) is 42.0 Å². The molecule has 14 heavy (non-hydrogen) atoms. The van der Waals surface area contributed by atoms with Crippen LogP contribution in [0.2, 0.25) is 0 Å². The van der Waals surface area contributed by atoms with Gasteiger partial charge in [0.1, 0.15) is 0 Å². The molecule has 0 saturated carbocycles. The van der Waals surface area contributed by atoms with Crippen LogP contribution < -0.4 is 5.32 Å². The molecule has 0 fully saturated rings. The molecule has 3 nitrogen and oxygen atoms in total. The van der Waals surface area contributed by atoms with Crippen LogP contribution in [-0.4, -0.2) is 5.91 Å². The van der Waals surface area contributed by atoms with Crippen LogP contribution in [0.3, 0.4) is 0 Å². The second-order valence-corrected chi connectivity index (χ2v) is 2.82. The van der Waals surface area contributed by atoms with Crippen LogP contribution in [0.25, 0.3) is 5.70 Å². The molecule has 1 aromatic rings. The van der Waals surface area contributed by atoms with Crippen molar-refractivity contribution in [2.75, 3.05) is 0 Å². The number of nitrogens with one attached hydrogen (secondary N) is 1. The molecule has 0 aromatic heterocycles. The summed E-state index contributed by atoms with van der Waals surface area (Å²) in [6.07, 6.45) is 0. The van der Waals surface area contributed by atoms with E-state index in [0.717, 1.165) is 0 Å². The van der Waals surface area contributed by atoms with E-state index >= 15 is 0 Å². The maximum atomic E-state index is 10.8. The van der Waals surface area contributed by atoms with E-state index in [-0.39, 0.29) is 5.91 Å². The van der Waals surface area contributed by atoms with Crippen LogP contribution in [0, 0.1) is 11.3 Å². The quantitative estimate of drug-likeness (QED) is 0.763. The monoisotopic (exact) mass is 186 g/mol. The van der Waals surface area contributed by atoms with Gasteiger partial charge in [-0.3, -0.25) is 4.79 Å². The van der Waals surface area contributed by atoms with Crippen molar-refractivity contribution >= 4 is 11.6 Å². The van der Waals surface area contributed by atoms with E-state index in [1.165, 1.54) is 6.92 Å². The van der Waals surface area contributed by atoms with Crippen molar-refractivity contribution in [2.24, 2.45) is 0 Å². The Labute approximate surface area is 82.7 Å². The molecular weight excluding hydrogens is 176 g/mol. The molecule has 0 heterocycles. The number of nitriles is 1. The summed E-state index contributed by atoms with van der Waals surface area (Å²) in [5.41, 5.74) is 1.62. The SMILES string of the molecule is C=C(NC(C)=O)c1ccccc1C#N. The average molecular weight is 186 g/mol. The maximum Gasteiger partial charge on any atom is 0.221 e. The maximum absolute atomic E-state index is 10.8. The van der Waals surface area contributed by atoms with Crippen LogP contribution in [0.15, 0.2) is 30.8 Å². The molecule has 3 heteroatoms. The lowest BCUT2D eigenvalue weighted by atomic mass is 10.1. The summed E-state index contributed by atoms with van der Waals surface area (Å²) in [6.45, 7) is 5.09. The Morgan fingerprint density at radius 1 is 1.50 bits per heavy atom. The van der Waals surface area contributed by atoms with Gasteiger partial charge in [-0.1, -0.05) is 24.8 Å². The zero-order chi connectivity index (χ0) is 10.6. The minimum Gasteiger partial charge on any atom is -0.326 e. The molecule has 1 amide bonds. The molecule has 1 rings (SSSR count). The highest BCUT2D eigenvalue weighted by atomic mass is 16.1. The zero-order valence-corrected chi connectivity index (χ0v) is 7.87. The smallest absolute Gasteiger partial charge is 0.221 e. The molecule has 0 aliphatic carbocycles. The van der Waals surface area contributed by atoms with E-state index in [1.54, 1.807) is 24.3 Å². The van der Waals surface area contributed by atoms with Gasteiger partial charge in [0.2, 0.25) is 5.91 Å². The average Bonchev–Trinajstić information content (AvgIpc) is 2.16. The number of carbonyl (C=O) groups excluding carboxylic acids is 1. The minimum atomic E-state index is -0.192. The van der Waals surface area contributed by atoms with Crippen molar-refractivity contribution < 1.29 is 4.79 Å². The van der Waals surface area contributed by atoms with E-state index in [4.69, 9.17) is 5.26 Å². The number of hydrogen-bond donors (Lipinski definition) is 1. The summed E-state index contributed by atoms with van der Waals surface area (Å²) in [5.74, 6) is -0.192. The van der Waals surface area contributed by atoms with Gasteiger partial charge in [0.25, 0.3) is 0 Å². The van der Waals surface area contributed by atoms with Crippen LogP contribution in [0.4, 0.5) is 0 Å². The predicted octanol–water partition coefficient (Wildman–Crippen LogP) is 1.67. The number of rotatable bonds is 2. The summed E-state index contributed by atoms with van der Waals surface area (Å²) in [5, 5.41) is 11.3. The Bertz CT molecular complexity index is 416. The fraction of sp³-hybridized carbons (Fsp3) is 0.0909. The molecule has 0 radical (unpaired) electrons. The van der Waals surface area contributed by atoms with E-state index < -0.39 is 0 Å². The third kappa shape index (κ3) is 2.20. The summed E-state index contributed by atoms with van der Waals surface area (Å²) >= 11 is 0. The second-order valence-electron chi connectivity index (χ2n) is 2.82. The molecule has 0 saturated heterocycles. The lowest BCUT2D eigenvalue weighted by Gasteiger charge is -2.07. The molecule has 1 aromatic carbocycles. The summed E-state index contributed by atoms with van der Waals surface area (Å²) in [7, 11) is 0. The first-order valence-electron chi connectivity index (χ1n) is 4.11. The van der Waals surface area contributed by atoms with E-state index in [0.29, 0.717) is 16.8 Å². The van der Waals surface area contributed by atoms with Crippen LogP contribution in [-0.2, 0) is 4.79 Å². The first kappa shape index (κ1) is 10.0. The standard InChI is InChI=1S/C11H10N2O/c1-8(13-9(2)14)11-6-4-3-5-10(11)7-12/h3-6H,1H2,2H3,(H,13,14). The Morgan fingerprint density at radius 2 is 2.14 bits per heavy atom. The first-order valence-corrected chi connectivity index (χ1v) is 4.11. The molecule has 0 spiro atoms. The van der Waals surface area contributed by atoms with Crippen LogP contribution >= 0.6 is 0 Å². The van der Waals surface area contributed by atoms with Crippen molar-refractivity contribution in [3.8, 4) is 6.07 Å². The molecule has 0 atom stereocenters. The number of nitrogens with zero attached hydrogens (tertiary/aromatic N) is 1. The summed E-state index contributed by atoms with van der Waals surface area (Å²) in [6, 6.07) is 9.03.